The quantitative estimate of drug-likeness (QED) is 0.886. The maximum absolute atomic E-state index is 12.1. The molecular weight excluding hydrogens is 264 g/mol. The minimum absolute atomic E-state index is 0.0802. The molecule has 110 valence electrons. The number of para-hydroxylation sites is 1. The average molecular weight is 284 g/mol. The second kappa shape index (κ2) is 7.33. The summed E-state index contributed by atoms with van der Waals surface area (Å²) in [6.45, 7) is 0.586. The number of benzene rings is 2. The predicted octanol–water partition coefficient (Wildman–Crippen LogP) is 3.16. The lowest BCUT2D eigenvalue weighted by Gasteiger charge is -2.17. The van der Waals surface area contributed by atoms with E-state index in [-0.39, 0.29) is 5.91 Å². The number of hydrogen-bond acceptors (Lipinski definition) is 3. The lowest BCUT2D eigenvalue weighted by Crippen LogP contribution is -2.27. The van der Waals surface area contributed by atoms with Crippen molar-refractivity contribution in [2.75, 3.05) is 30.9 Å². The van der Waals surface area contributed by atoms with Crippen LogP contribution in [0.2, 0.25) is 0 Å². The number of rotatable bonds is 6. The maximum atomic E-state index is 12.1. The van der Waals surface area contributed by atoms with Crippen LogP contribution in [-0.4, -0.2) is 26.6 Å². The van der Waals surface area contributed by atoms with E-state index in [2.05, 4.69) is 5.32 Å². The molecule has 21 heavy (non-hydrogen) atoms. The number of amides is 1. The first-order chi connectivity index (χ1) is 10.2. The van der Waals surface area contributed by atoms with Crippen molar-refractivity contribution in [2.45, 2.75) is 6.42 Å². The summed E-state index contributed by atoms with van der Waals surface area (Å²) in [7, 11) is 3.43. The Bertz CT molecular complexity index is 584. The van der Waals surface area contributed by atoms with Gasteiger partial charge in [-0.1, -0.05) is 24.3 Å². The van der Waals surface area contributed by atoms with Gasteiger partial charge in [-0.05, 0) is 24.3 Å². The van der Waals surface area contributed by atoms with Crippen LogP contribution >= 0.6 is 0 Å². The van der Waals surface area contributed by atoms with Crippen LogP contribution in [0.1, 0.15) is 6.42 Å². The fraction of sp³-hybridized carbons (Fsp3) is 0.235. The summed E-state index contributed by atoms with van der Waals surface area (Å²) in [6, 6.07) is 17.3. The van der Waals surface area contributed by atoms with Crippen molar-refractivity contribution >= 4 is 17.3 Å². The average Bonchev–Trinajstić information content (AvgIpc) is 2.55. The number of nitrogens with zero attached hydrogens (tertiary/aromatic N) is 1. The summed E-state index contributed by atoms with van der Waals surface area (Å²) in [5, 5.41) is 3.23. The summed E-state index contributed by atoms with van der Waals surface area (Å²) < 4.78 is 5.16. The molecule has 0 radical (unpaired) electrons. The number of ether oxygens (including phenoxy) is 1. The topological polar surface area (TPSA) is 41.6 Å². The molecule has 0 fully saturated rings. The molecule has 0 aromatic heterocycles. The van der Waals surface area contributed by atoms with E-state index in [9.17, 15) is 4.79 Å². The van der Waals surface area contributed by atoms with Gasteiger partial charge in [-0.2, -0.15) is 0 Å². The largest absolute Gasteiger partial charge is 0.497 e. The van der Waals surface area contributed by atoms with Crippen LogP contribution in [0.25, 0.3) is 0 Å². The Labute approximate surface area is 125 Å². The molecule has 1 amide bonds. The molecule has 1 N–H and O–H groups in total. The molecule has 2 aromatic rings. The highest BCUT2D eigenvalue weighted by Gasteiger charge is 2.09. The Morgan fingerprint density at radius 2 is 1.90 bits per heavy atom. The molecule has 0 spiro atoms. The standard InChI is InChI=1S/C17H20N2O2/c1-19(15-8-4-3-5-9-15)17(20)11-12-18-14-7-6-10-16(13-14)21-2/h3-10,13,18H,11-12H2,1-2H3. The Morgan fingerprint density at radius 1 is 1.14 bits per heavy atom. The zero-order chi connectivity index (χ0) is 15.1. The van der Waals surface area contributed by atoms with Gasteiger partial charge < -0.3 is 15.0 Å². The number of carbonyl (C=O) groups is 1. The monoisotopic (exact) mass is 284 g/mol. The third-order valence-electron chi connectivity index (χ3n) is 3.26. The molecule has 0 saturated carbocycles. The molecule has 0 aliphatic rings. The van der Waals surface area contributed by atoms with E-state index in [4.69, 9.17) is 4.74 Å². The molecule has 0 saturated heterocycles. The maximum Gasteiger partial charge on any atom is 0.228 e. The first kappa shape index (κ1) is 14.9. The molecular formula is C17H20N2O2. The van der Waals surface area contributed by atoms with Crippen LogP contribution < -0.4 is 15.0 Å². The lowest BCUT2D eigenvalue weighted by molar-refractivity contribution is -0.118. The molecule has 2 aromatic carbocycles. The van der Waals surface area contributed by atoms with Crippen molar-refractivity contribution in [2.24, 2.45) is 0 Å². The van der Waals surface area contributed by atoms with Crippen molar-refractivity contribution < 1.29 is 9.53 Å². The van der Waals surface area contributed by atoms with Crippen molar-refractivity contribution in [3.8, 4) is 5.75 Å². The first-order valence-electron chi connectivity index (χ1n) is 6.90. The van der Waals surface area contributed by atoms with E-state index < -0.39 is 0 Å². The Kier molecular flexibility index (Phi) is 5.21. The van der Waals surface area contributed by atoms with Gasteiger partial charge in [0.25, 0.3) is 0 Å². The van der Waals surface area contributed by atoms with Gasteiger partial charge in [-0.25, -0.2) is 0 Å². The fourth-order valence-corrected chi connectivity index (χ4v) is 2.01. The smallest absolute Gasteiger partial charge is 0.228 e. The Morgan fingerprint density at radius 3 is 2.62 bits per heavy atom. The highest BCUT2D eigenvalue weighted by atomic mass is 16.5. The number of nitrogens with one attached hydrogen (secondary N) is 1. The summed E-state index contributed by atoms with van der Waals surface area (Å²) in [6.07, 6.45) is 0.433. The molecule has 0 unspecified atom stereocenters. The molecule has 0 aliphatic carbocycles. The van der Waals surface area contributed by atoms with Gasteiger partial charge in [-0.3, -0.25) is 4.79 Å². The van der Waals surface area contributed by atoms with Gasteiger partial charge in [0, 0.05) is 37.5 Å². The van der Waals surface area contributed by atoms with Crippen molar-refractivity contribution in [1.82, 2.24) is 0 Å². The number of methoxy groups -OCH3 is 1. The van der Waals surface area contributed by atoms with Crippen LogP contribution in [0, 0.1) is 0 Å². The van der Waals surface area contributed by atoms with E-state index in [0.29, 0.717) is 13.0 Å². The zero-order valence-corrected chi connectivity index (χ0v) is 12.4. The normalized spacial score (nSPS) is 10.0. The van der Waals surface area contributed by atoms with E-state index in [1.54, 1.807) is 19.1 Å². The van der Waals surface area contributed by atoms with Crippen LogP contribution in [0.3, 0.4) is 0 Å². The summed E-state index contributed by atoms with van der Waals surface area (Å²) in [4.78, 5) is 13.8. The van der Waals surface area contributed by atoms with Crippen LogP contribution in [-0.2, 0) is 4.79 Å². The van der Waals surface area contributed by atoms with Crippen LogP contribution in [0.15, 0.2) is 54.6 Å². The van der Waals surface area contributed by atoms with E-state index in [1.165, 1.54) is 0 Å². The van der Waals surface area contributed by atoms with Gasteiger partial charge in [0.2, 0.25) is 5.91 Å². The molecule has 0 atom stereocenters. The molecule has 4 nitrogen and oxygen atoms in total. The third kappa shape index (κ3) is 4.24. The Hall–Kier alpha value is -2.49. The minimum Gasteiger partial charge on any atom is -0.497 e. The lowest BCUT2D eigenvalue weighted by atomic mass is 10.2. The van der Waals surface area contributed by atoms with E-state index >= 15 is 0 Å². The second-order valence-corrected chi connectivity index (χ2v) is 4.70. The van der Waals surface area contributed by atoms with Crippen molar-refractivity contribution in [3.63, 3.8) is 0 Å². The molecule has 4 heteroatoms. The SMILES string of the molecule is COc1cccc(NCCC(=O)N(C)c2ccccc2)c1. The minimum atomic E-state index is 0.0802. The van der Waals surface area contributed by atoms with E-state index in [1.807, 2.05) is 54.6 Å². The van der Waals surface area contributed by atoms with Crippen molar-refractivity contribution in [1.29, 1.82) is 0 Å². The fourth-order valence-electron chi connectivity index (χ4n) is 2.01. The van der Waals surface area contributed by atoms with E-state index in [0.717, 1.165) is 17.1 Å². The van der Waals surface area contributed by atoms with Gasteiger partial charge in [0.15, 0.2) is 0 Å². The van der Waals surface area contributed by atoms with Gasteiger partial charge in [-0.15, -0.1) is 0 Å². The summed E-state index contributed by atoms with van der Waals surface area (Å²) in [5.74, 6) is 0.879. The van der Waals surface area contributed by atoms with Gasteiger partial charge in [0.1, 0.15) is 5.75 Å². The second-order valence-electron chi connectivity index (χ2n) is 4.70. The zero-order valence-electron chi connectivity index (χ0n) is 12.4. The highest BCUT2D eigenvalue weighted by molar-refractivity contribution is 5.93. The number of anilines is 2. The number of carbonyl (C=O) groups excluding carboxylic acids is 1. The summed E-state index contributed by atoms with van der Waals surface area (Å²) in [5.41, 5.74) is 1.85. The first-order valence-corrected chi connectivity index (χ1v) is 6.90. The molecule has 0 bridgehead atoms. The highest BCUT2D eigenvalue weighted by Crippen LogP contribution is 2.17. The third-order valence-corrected chi connectivity index (χ3v) is 3.26. The molecule has 2 rings (SSSR count). The molecule has 0 heterocycles. The van der Waals surface area contributed by atoms with Crippen LogP contribution in [0.5, 0.6) is 5.75 Å². The van der Waals surface area contributed by atoms with Gasteiger partial charge in [0.05, 0.1) is 7.11 Å². The van der Waals surface area contributed by atoms with Gasteiger partial charge >= 0.3 is 0 Å². The molecule has 0 aliphatic heterocycles. The Balaban J connectivity index is 1.84. The van der Waals surface area contributed by atoms with Crippen LogP contribution in [0.4, 0.5) is 11.4 Å². The van der Waals surface area contributed by atoms with Crippen molar-refractivity contribution in [3.05, 3.63) is 54.6 Å². The predicted molar refractivity (Wildman–Crippen MR) is 86.0 cm³/mol. The summed E-state index contributed by atoms with van der Waals surface area (Å²) >= 11 is 0. The number of hydrogen-bond donors (Lipinski definition) is 1.